The first-order valence-electron chi connectivity index (χ1n) is 10.1. The maximum absolute atomic E-state index is 14.0. The number of aliphatic hydroxyl groups excluding tert-OH is 1. The van der Waals surface area contributed by atoms with Crippen molar-refractivity contribution in [2.45, 2.75) is 19.1 Å². The Balaban J connectivity index is 1.90. The average molecular weight is 487 g/mol. The third-order valence-corrected chi connectivity index (χ3v) is 5.72. The number of benzene rings is 1. The molecule has 0 atom stereocenters. The summed E-state index contributed by atoms with van der Waals surface area (Å²) in [6, 6.07) is 9.66. The lowest BCUT2D eigenvalue weighted by Crippen LogP contribution is -2.23. The molecule has 0 saturated heterocycles. The lowest BCUT2D eigenvalue weighted by Gasteiger charge is -2.12. The smallest absolute Gasteiger partial charge is 0.395 e. The number of pyridine rings is 1. The van der Waals surface area contributed by atoms with Gasteiger partial charge in [-0.3, -0.25) is 9.20 Å². The number of thiophene rings is 1. The molecule has 1 aromatic carbocycles. The monoisotopic (exact) mass is 487 g/mol. The van der Waals surface area contributed by atoms with Gasteiger partial charge in [-0.1, -0.05) is 24.1 Å². The number of halogens is 4. The van der Waals surface area contributed by atoms with Crippen LogP contribution < -0.4 is 5.32 Å². The number of amides is 1. The second kappa shape index (κ2) is 9.67. The number of nitrogens with one attached hydrogen (secondary N) is 1. The Kier molecular flexibility index (Phi) is 6.68. The highest BCUT2D eigenvalue weighted by molar-refractivity contribution is 7.09. The molecule has 0 unspecified atom stereocenters. The zero-order chi connectivity index (χ0) is 24.3. The Labute approximate surface area is 195 Å². The zero-order valence-corrected chi connectivity index (χ0v) is 18.3. The van der Waals surface area contributed by atoms with E-state index >= 15 is 0 Å². The number of hydrogen-bond acceptors (Lipinski definition) is 4. The fourth-order valence-corrected chi connectivity index (χ4v) is 3.97. The van der Waals surface area contributed by atoms with Gasteiger partial charge in [0.05, 0.1) is 18.7 Å². The van der Waals surface area contributed by atoms with E-state index in [1.54, 1.807) is 0 Å². The Morgan fingerprint density at radius 2 is 2.00 bits per heavy atom. The molecule has 34 heavy (non-hydrogen) atoms. The van der Waals surface area contributed by atoms with Crippen LogP contribution in [0.5, 0.6) is 0 Å². The van der Waals surface area contributed by atoms with Gasteiger partial charge in [-0.05, 0) is 46.7 Å². The van der Waals surface area contributed by atoms with Crippen LogP contribution in [-0.4, -0.2) is 27.0 Å². The molecule has 10 heteroatoms. The number of aliphatic hydroxyl groups is 1. The lowest BCUT2D eigenvalue weighted by atomic mass is 10.1. The summed E-state index contributed by atoms with van der Waals surface area (Å²) >= 11 is 1.42. The van der Waals surface area contributed by atoms with E-state index in [4.69, 9.17) is 5.11 Å². The van der Waals surface area contributed by atoms with E-state index in [-0.39, 0.29) is 42.1 Å². The van der Waals surface area contributed by atoms with Crippen molar-refractivity contribution in [3.05, 3.63) is 81.7 Å². The standard InChI is InChI=1S/C24H17F4N3O2S/c25-17-6-3-5-15(11-17)16-12-19(24(26,27)28)22-30-21(20(31(22)14-16)8-1-2-9-32)23(33)29-13-18-7-4-10-34-18/h3-7,10-12,14,32H,2,9,13H2,(H,29,33). The summed E-state index contributed by atoms with van der Waals surface area (Å²) in [5.41, 5.74) is -1.62. The maximum atomic E-state index is 14.0. The number of carbonyl (C=O) groups excluding carboxylic acids is 1. The molecule has 1 amide bonds. The van der Waals surface area contributed by atoms with Crippen molar-refractivity contribution < 1.29 is 27.5 Å². The first-order valence-corrected chi connectivity index (χ1v) is 11.0. The highest BCUT2D eigenvalue weighted by Crippen LogP contribution is 2.36. The van der Waals surface area contributed by atoms with Crippen LogP contribution >= 0.6 is 11.3 Å². The van der Waals surface area contributed by atoms with Gasteiger partial charge in [0.2, 0.25) is 0 Å². The van der Waals surface area contributed by atoms with Gasteiger partial charge < -0.3 is 10.4 Å². The van der Waals surface area contributed by atoms with E-state index in [1.807, 2.05) is 17.5 Å². The number of nitrogens with zero attached hydrogens (tertiary/aromatic N) is 2. The largest absolute Gasteiger partial charge is 0.420 e. The molecule has 3 aromatic heterocycles. The third-order valence-electron chi connectivity index (χ3n) is 4.85. The molecule has 0 aliphatic carbocycles. The fourth-order valence-electron chi connectivity index (χ4n) is 3.32. The van der Waals surface area contributed by atoms with Crippen molar-refractivity contribution in [3.63, 3.8) is 0 Å². The number of imidazole rings is 1. The van der Waals surface area contributed by atoms with E-state index in [0.717, 1.165) is 21.4 Å². The first kappa shape index (κ1) is 23.5. The lowest BCUT2D eigenvalue weighted by molar-refractivity contribution is -0.136. The summed E-state index contributed by atoms with van der Waals surface area (Å²) in [4.78, 5) is 17.8. The Morgan fingerprint density at radius 1 is 1.18 bits per heavy atom. The molecule has 0 saturated carbocycles. The Morgan fingerprint density at radius 3 is 2.68 bits per heavy atom. The van der Waals surface area contributed by atoms with Crippen LogP contribution in [0.1, 0.15) is 33.0 Å². The molecule has 5 nitrogen and oxygen atoms in total. The first-order chi connectivity index (χ1) is 16.3. The van der Waals surface area contributed by atoms with E-state index in [9.17, 15) is 22.4 Å². The molecule has 3 heterocycles. The molecule has 0 bridgehead atoms. The third kappa shape index (κ3) is 4.95. The van der Waals surface area contributed by atoms with Crippen molar-refractivity contribution >= 4 is 22.9 Å². The quantitative estimate of drug-likeness (QED) is 0.311. The highest BCUT2D eigenvalue weighted by Gasteiger charge is 2.36. The number of rotatable bonds is 5. The molecule has 0 radical (unpaired) electrons. The van der Waals surface area contributed by atoms with E-state index in [2.05, 4.69) is 22.1 Å². The van der Waals surface area contributed by atoms with Crippen molar-refractivity contribution in [2.24, 2.45) is 0 Å². The summed E-state index contributed by atoms with van der Waals surface area (Å²) in [5, 5.41) is 13.5. The van der Waals surface area contributed by atoms with Gasteiger partial charge in [0.1, 0.15) is 11.5 Å². The van der Waals surface area contributed by atoms with Crippen molar-refractivity contribution in [1.82, 2.24) is 14.7 Å². The predicted octanol–water partition coefficient (Wildman–Crippen LogP) is 4.88. The molecule has 0 aliphatic heterocycles. The molecule has 2 N–H and O–H groups in total. The van der Waals surface area contributed by atoms with E-state index < -0.39 is 29.1 Å². The fraction of sp³-hybridized carbons (Fsp3) is 0.167. The topological polar surface area (TPSA) is 66.6 Å². The molecule has 4 rings (SSSR count). The van der Waals surface area contributed by atoms with Gasteiger partial charge in [-0.2, -0.15) is 13.2 Å². The SMILES string of the molecule is O=C(NCc1cccs1)c1nc2c(C(F)(F)F)cc(-c3cccc(F)c3)cn2c1C#CCCO. The normalized spacial score (nSPS) is 11.3. The Hall–Kier alpha value is -3.68. The summed E-state index contributed by atoms with van der Waals surface area (Å²) in [5.74, 6) is 4.02. The van der Waals surface area contributed by atoms with E-state index in [0.29, 0.717) is 0 Å². The minimum Gasteiger partial charge on any atom is -0.395 e. The van der Waals surface area contributed by atoms with Gasteiger partial charge >= 0.3 is 6.18 Å². The summed E-state index contributed by atoms with van der Waals surface area (Å²) in [6.45, 7) is -0.0828. The molecule has 0 aliphatic rings. The van der Waals surface area contributed by atoms with Crippen LogP contribution in [-0.2, 0) is 12.7 Å². The molecule has 174 valence electrons. The maximum Gasteiger partial charge on any atom is 0.420 e. The highest BCUT2D eigenvalue weighted by atomic mass is 32.1. The van der Waals surface area contributed by atoms with Crippen molar-refractivity contribution in [1.29, 1.82) is 0 Å². The van der Waals surface area contributed by atoms with Crippen LogP contribution in [0.4, 0.5) is 17.6 Å². The van der Waals surface area contributed by atoms with E-state index in [1.165, 1.54) is 35.7 Å². The van der Waals surface area contributed by atoms with Crippen molar-refractivity contribution in [2.75, 3.05) is 6.61 Å². The van der Waals surface area contributed by atoms with Gasteiger partial charge in [-0.25, -0.2) is 9.37 Å². The van der Waals surface area contributed by atoms with Gasteiger partial charge in [-0.15, -0.1) is 11.3 Å². The van der Waals surface area contributed by atoms with Crippen LogP contribution in [0.25, 0.3) is 16.8 Å². The van der Waals surface area contributed by atoms with Crippen LogP contribution in [0.15, 0.2) is 54.0 Å². The number of carbonyl (C=O) groups is 1. The van der Waals surface area contributed by atoms with Crippen LogP contribution in [0, 0.1) is 17.7 Å². The zero-order valence-electron chi connectivity index (χ0n) is 17.5. The van der Waals surface area contributed by atoms with Crippen molar-refractivity contribution in [3.8, 4) is 23.0 Å². The summed E-state index contributed by atoms with van der Waals surface area (Å²) in [7, 11) is 0. The second-order valence-corrected chi connectivity index (χ2v) is 8.22. The average Bonchev–Trinajstić information content (AvgIpc) is 3.44. The molecule has 0 spiro atoms. The molecule has 4 aromatic rings. The van der Waals surface area contributed by atoms with Gasteiger partial charge in [0, 0.05) is 17.5 Å². The minimum absolute atomic E-state index is 0.0548. The van der Waals surface area contributed by atoms with Crippen LogP contribution in [0.2, 0.25) is 0 Å². The molecule has 0 fully saturated rings. The van der Waals surface area contributed by atoms with Crippen LogP contribution in [0.3, 0.4) is 0 Å². The molecular formula is C24H17F4N3O2S. The number of aromatic nitrogens is 2. The van der Waals surface area contributed by atoms with Gasteiger partial charge in [0.25, 0.3) is 5.91 Å². The number of alkyl halides is 3. The number of fused-ring (bicyclic) bond motifs is 1. The summed E-state index contributed by atoms with van der Waals surface area (Å²) < 4.78 is 56.8. The summed E-state index contributed by atoms with van der Waals surface area (Å²) in [6.07, 6.45) is -3.40. The van der Waals surface area contributed by atoms with Gasteiger partial charge in [0.15, 0.2) is 11.3 Å². The predicted molar refractivity (Wildman–Crippen MR) is 120 cm³/mol. The minimum atomic E-state index is -4.80. The Bertz CT molecular complexity index is 1400. The second-order valence-electron chi connectivity index (χ2n) is 7.19. The molecular weight excluding hydrogens is 470 g/mol. The number of hydrogen-bond donors (Lipinski definition) is 2.